The van der Waals surface area contributed by atoms with E-state index in [1.54, 1.807) is 12.1 Å². The first kappa shape index (κ1) is 21.9. The summed E-state index contributed by atoms with van der Waals surface area (Å²) in [5, 5.41) is 7.93. The maximum Gasteiger partial charge on any atom is 0.318 e. The van der Waals surface area contributed by atoms with Gasteiger partial charge in [0.25, 0.3) is 0 Å². The fourth-order valence-corrected chi connectivity index (χ4v) is 4.54. The van der Waals surface area contributed by atoms with Gasteiger partial charge in [-0.15, -0.1) is 0 Å². The number of aryl methyl sites for hydroxylation is 1. The van der Waals surface area contributed by atoms with Crippen molar-refractivity contribution < 1.29 is 9.18 Å². The average Bonchev–Trinajstić information content (AvgIpc) is 3.39. The second-order valence-corrected chi connectivity index (χ2v) is 9.10. The highest BCUT2D eigenvalue weighted by Crippen LogP contribution is 2.38. The summed E-state index contributed by atoms with van der Waals surface area (Å²) in [6.07, 6.45) is 2.00. The third-order valence-corrected chi connectivity index (χ3v) is 6.19. The lowest BCUT2D eigenvalue weighted by Crippen LogP contribution is -2.43. The van der Waals surface area contributed by atoms with Crippen molar-refractivity contribution in [2.24, 2.45) is 5.92 Å². The number of benzene rings is 2. The van der Waals surface area contributed by atoms with Crippen LogP contribution in [0.1, 0.15) is 42.4 Å². The Labute approximate surface area is 198 Å². The highest BCUT2D eigenvalue weighted by Gasteiger charge is 2.35. The Hall–Kier alpha value is -3.87. The number of amides is 2. The normalized spacial score (nSPS) is 15.1. The smallest absolute Gasteiger partial charge is 0.318 e. The molecule has 1 unspecified atom stereocenters. The summed E-state index contributed by atoms with van der Waals surface area (Å²) in [5.41, 5.74) is 4.55. The number of para-hydroxylation sites is 1. The number of halogens is 1. The number of urea groups is 1. The predicted molar refractivity (Wildman–Crippen MR) is 130 cm³/mol. The molecule has 1 aliphatic rings. The molecule has 0 radical (unpaired) electrons. The van der Waals surface area contributed by atoms with Gasteiger partial charge < -0.3 is 14.8 Å². The third-order valence-electron chi connectivity index (χ3n) is 6.19. The number of carbonyl (C=O) groups excluding carboxylic acids is 1. The monoisotopic (exact) mass is 457 g/mol. The van der Waals surface area contributed by atoms with Crippen molar-refractivity contribution in [1.29, 1.82) is 0 Å². The number of rotatable bonds is 4. The molecule has 0 aliphatic carbocycles. The first-order chi connectivity index (χ1) is 16.4. The highest BCUT2D eigenvalue weighted by molar-refractivity contribution is 5.76. The molecular formula is C27H28FN5O. The van der Waals surface area contributed by atoms with Crippen LogP contribution in [0.2, 0.25) is 0 Å². The van der Waals surface area contributed by atoms with Gasteiger partial charge in [-0.2, -0.15) is 5.10 Å². The molecule has 5 rings (SSSR count). The van der Waals surface area contributed by atoms with E-state index < -0.39 is 6.04 Å². The summed E-state index contributed by atoms with van der Waals surface area (Å²) in [6, 6.07) is 19.8. The van der Waals surface area contributed by atoms with Crippen LogP contribution in [0.3, 0.4) is 0 Å². The van der Waals surface area contributed by atoms with Crippen molar-refractivity contribution in [3.8, 4) is 11.5 Å². The van der Waals surface area contributed by atoms with E-state index in [9.17, 15) is 9.18 Å². The molecule has 4 aromatic rings. The van der Waals surface area contributed by atoms with Gasteiger partial charge in [0.2, 0.25) is 0 Å². The van der Waals surface area contributed by atoms with Crippen molar-refractivity contribution in [1.82, 2.24) is 24.6 Å². The van der Waals surface area contributed by atoms with Crippen LogP contribution in [0.15, 0.2) is 72.9 Å². The molecule has 7 heteroatoms. The predicted octanol–water partition coefficient (Wildman–Crippen LogP) is 5.38. The maximum atomic E-state index is 13.8. The number of nitrogens with one attached hydrogen (secondary N) is 1. The van der Waals surface area contributed by atoms with Crippen LogP contribution < -0.4 is 5.32 Å². The highest BCUT2D eigenvalue weighted by atomic mass is 19.1. The van der Waals surface area contributed by atoms with Gasteiger partial charge in [0.15, 0.2) is 0 Å². The molecule has 0 bridgehead atoms. The van der Waals surface area contributed by atoms with Gasteiger partial charge in [-0.25, -0.2) is 13.9 Å². The van der Waals surface area contributed by atoms with Crippen LogP contribution >= 0.6 is 0 Å². The minimum Gasteiger partial charge on any atom is -0.338 e. The second kappa shape index (κ2) is 8.82. The summed E-state index contributed by atoms with van der Waals surface area (Å²) >= 11 is 0. The van der Waals surface area contributed by atoms with Crippen LogP contribution in [0.4, 0.5) is 9.18 Å². The molecule has 34 heavy (non-hydrogen) atoms. The summed E-state index contributed by atoms with van der Waals surface area (Å²) in [7, 11) is 0. The number of hydrogen-bond acceptors (Lipinski definition) is 2. The number of nitrogens with zero attached hydrogens (tertiary/aromatic N) is 4. The van der Waals surface area contributed by atoms with Crippen molar-refractivity contribution in [3.05, 3.63) is 101 Å². The van der Waals surface area contributed by atoms with Crippen LogP contribution in [0, 0.1) is 18.7 Å². The van der Waals surface area contributed by atoms with Crippen LogP contribution in [-0.2, 0) is 6.54 Å². The lowest BCUT2D eigenvalue weighted by atomic mass is 10.0. The fourth-order valence-electron chi connectivity index (χ4n) is 4.54. The SMILES string of the molecule is Cc1nn(-c2ccccc2)c2c1CN(C(=O)NCC(C)C)C(c1ccc(F)cc1)c1cccn1-2. The first-order valence-corrected chi connectivity index (χ1v) is 11.6. The zero-order valence-electron chi connectivity index (χ0n) is 19.6. The summed E-state index contributed by atoms with van der Waals surface area (Å²) in [4.78, 5) is 15.4. The summed E-state index contributed by atoms with van der Waals surface area (Å²) in [5.74, 6) is 0.930. The molecule has 174 valence electrons. The Balaban J connectivity index is 1.71. The van der Waals surface area contributed by atoms with E-state index in [0.29, 0.717) is 19.0 Å². The van der Waals surface area contributed by atoms with E-state index in [1.165, 1.54) is 12.1 Å². The van der Waals surface area contributed by atoms with Crippen LogP contribution in [0.25, 0.3) is 11.5 Å². The van der Waals surface area contributed by atoms with Crippen molar-refractivity contribution in [2.75, 3.05) is 6.54 Å². The number of hydrogen-bond donors (Lipinski definition) is 1. The molecule has 1 atom stereocenters. The van der Waals surface area contributed by atoms with E-state index in [0.717, 1.165) is 34.0 Å². The van der Waals surface area contributed by atoms with Crippen molar-refractivity contribution >= 4 is 6.03 Å². The van der Waals surface area contributed by atoms with E-state index in [-0.39, 0.29) is 11.8 Å². The Morgan fingerprint density at radius 1 is 1.09 bits per heavy atom. The van der Waals surface area contributed by atoms with Gasteiger partial charge in [-0.3, -0.25) is 0 Å². The minimum atomic E-state index is -0.390. The van der Waals surface area contributed by atoms with Gasteiger partial charge in [0, 0.05) is 18.3 Å². The fraction of sp³-hybridized carbons (Fsp3) is 0.259. The lowest BCUT2D eigenvalue weighted by molar-refractivity contribution is 0.179. The topological polar surface area (TPSA) is 55.1 Å². The largest absolute Gasteiger partial charge is 0.338 e. The molecule has 1 N–H and O–H groups in total. The Morgan fingerprint density at radius 3 is 2.53 bits per heavy atom. The quantitative estimate of drug-likeness (QED) is 0.447. The van der Waals surface area contributed by atoms with Gasteiger partial charge >= 0.3 is 6.03 Å². The van der Waals surface area contributed by atoms with Gasteiger partial charge in [-0.05, 0) is 54.8 Å². The molecule has 0 saturated heterocycles. The van der Waals surface area contributed by atoms with Gasteiger partial charge in [-0.1, -0.05) is 44.2 Å². The molecule has 2 aromatic heterocycles. The third kappa shape index (κ3) is 3.87. The second-order valence-electron chi connectivity index (χ2n) is 9.10. The molecule has 3 heterocycles. The summed E-state index contributed by atoms with van der Waals surface area (Å²) in [6.45, 7) is 7.06. The number of carbonyl (C=O) groups is 1. The summed E-state index contributed by atoms with van der Waals surface area (Å²) < 4.78 is 17.8. The molecule has 6 nitrogen and oxygen atoms in total. The molecule has 0 fully saturated rings. The maximum absolute atomic E-state index is 13.8. The lowest BCUT2D eigenvalue weighted by Gasteiger charge is -2.31. The first-order valence-electron chi connectivity index (χ1n) is 11.6. The van der Waals surface area contributed by atoms with E-state index in [4.69, 9.17) is 5.10 Å². The molecule has 2 amide bonds. The van der Waals surface area contributed by atoms with E-state index >= 15 is 0 Å². The standard InChI is InChI=1S/C27H28FN5O/c1-18(2)16-29-27(34)32-17-23-19(3)30-33(22-8-5-4-6-9-22)26(23)31-15-7-10-24(31)25(32)20-11-13-21(28)14-12-20/h4-15,18,25H,16-17H2,1-3H3,(H,29,34). The molecule has 1 aliphatic heterocycles. The van der Waals surface area contributed by atoms with Crippen LogP contribution in [0.5, 0.6) is 0 Å². The molecular weight excluding hydrogens is 429 g/mol. The number of aromatic nitrogens is 3. The minimum absolute atomic E-state index is 0.157. The van der Waals surface area contributed by atoms with Crippen molar-refractivity contribution in [3.63, 3.8) is 0 Å². The van der Waals surface area contributed by atoms with Crippen molar-refractivity contribution in [2.45, 2.75) is 33.4 Å². The average molecular weight is 458 g/mol. The Kier molecular flexibility index (Phi) is 5.69. The van der Waals surface area contributed by atoms with Gasteiger partial charge in [0.1, 0.15) is 11.6 Å². The zero-order valence-corrected chi connectivity index (χ0v) is 19.6. The molecule has 0 saturated carbocycles. The van der Waals surface area contributed by atoms with E-state index in [1.807, 2.05) is 65.2 Å². The molecule has 0 spiro atoms. The Morgan fingerprint density at radius 2 is 1.82 bits per heavy atom. The number of fused-ring (bicyclic) bond motifs is 3. The zero-order chi connectivity index (χ0) is 23.8. The van der Waals surface area contributed by atoms with Crippen LogP contribution in [-0.4, -0.2) is 31.8 Å². The Bertz CT molecular complexity index is 1310. The molecule has 2 aromatic carbocycles. The van der Waals surface area contributed by atoms with Gasteiger partial charge in [0.05, 0.1) is 29.7 Å². The van der Waals surface area contributed by atoms with E-state index in [2.05, 4.69) is 23.7 Å².